The number of hydrogen-bond acceptors (Lipinski definition) is 2. The summed E-state index contributed by atoms with van der Waals surface area (Å²) in [5.41, 5.74) is 2.23. The van der Waals surface area contributed by atoms with Crippen molar-refractivity contribution in [3.8, 4) is 0 Å². The molecule has 2 unspecified atom stereocenters. The molecule has 0 bridgehead atoms. The second kappa shape index (κ2) is 5.68. The summed E-state index contributed by atoms with van der Waals surface area (Å²) >= 11 is 12.3. The maximum Gasteiger partial charge on any atom is 0.0509 e. The summed E-state index contributed by atoms with van der Waals surface area (Å²) in [5, 5.41) is 0.765. The quantitative estimate of drug-likeness (QED) is 0.767. The van der Waals surface area contributed by atoms with E-state index < -0.39 is 0 Å². The molecule has 0 spiro atoms. The Hall–Kier alpha value is -0.440. The van der Waals surface area contributed by atoms with E-state index in [0.29, 0.717) is 18.0 Å². The number of benzene rings is 1. The molecule has 2 rings (SSSR count). The Balaban J connectivity index is 2.29. The van der Waals surface area contributed by atoms with Crippen LogP contribution in [0.5, 0.6) is 0 Å². The lowest BCUT2D eigenvalue weighted by atomic mass is 10.1. The van der Waals surface area contributed by atoms with Crippen molar-refractivity contribution in [3.63, 3.8) is 0 Å². The fraction of sp³-hybridized carbons (Fsp3) is 0.571. The SMILES string of the molecule is CC1CN(c2cccc(Cl)c2CCl)CC(C)N1C. The second-order valence-corrected chi connectivity index (χ2v) is 5.81. The molecule has 4 heteroatoms. The van der Waals surface area contributed by atoms with Gasteiger partial charge in [0.25, 0.3) is 0 Å². The molecule has 1 heterocycles. The molecular formula is C14H20Cl2N2. The molecule has 1 aliphatic rings. The molecule has 2 nitrogen and oxygen atoms in total. The predicted octanol–water partition coefficient (Wildman–Crippen LogP) is 3.61. The van der Waals surface area contributed by atoms with E-state index in [1.54, 1.807) is 0 Å². The molecule has 0 aromatic heterocycles. The van der Waals surface area contributed by atoms with Crippen LogP contribution in [0.2, 0.25) is 5.02 Å². The highest BCUT2D eigenvalue weighted by Gasteiger charge is 2.27. The number of nitrogens with zero attached hydrogens (tertiary/aromatic N) is 2. The molecule has 0 aliphatic carbocycles. The van der Waals surface area contributed by atoms with Gasteiger partial charge in [-0.2, -0.15) is 0 Å². The monoisotopic (exact) mass is 286 g/mol. The Morgan fingerprint density at radius 1 is 1.22 bits per heavy atom. The zero-order chi connectivity index (χ0) is 13.3. The summed E-state index contributed by atoms with van der Waals surface area (Å²) < 4.78 is 0. The van der Waals surface area contributed by atoms with Crippen molar-refractivity contribution >= 4 is 28.9 Å². The first-order chi connectivity index (χ1) is 8.54. The van der Waals surface area contributed by atoms with Crippen LogP contribution in [-0.2, 0) is 5.88 Å². The maximum atomic E-state index is 6.23. The topological polar surface area (TPSA) is 6.48 Å². The van der Waals surface area contributed by atoms with Crippen LogP contribution in [0.25, 0.3) is 0 Å². The van der Waals surface area contributed by atoms with Gasteiger partial charge < -0.3 is 4.90 Å². The van der Waals surface area contributed by atoms with Gasteiger partial charge in [-0.3, -0.25) is 4.90 Å². The van der Waals surface area contributed by atoms with E-state index in [9.17, 15) is 0 Å². The summed E-state index contributed by atoms with van der Waals surface area (Å²) in [6.07, 6.45) is 0. The highest BCUT2D eigenvalue weighted by molar-refractivity contribution is 6.32. The molecule has 1 saturated heterocycles. The standard InChI is InChI=1S/C14H20Cl2N2/c1-10-8-18(9-11(2)17(10)3)14-6-4-5-13(16)12(14)7-15/h4-6,10-11H,7-9H2,1-3H3. The van der Waals surface area contributed by atoms with Gasteiger partial charge in [0.2, 0.25) is 0 Å². The Kier molecular flexibility index (Phi) is 4.41. The van der Waals surface area contributed by atoms with E-state index in [0.717, 1.165) is 23.7 Å². The van der Waals surface area contributed by atoms with Crippen molar-refractivity contribution in [2.45, 2.75) is 31.8 Å². The first-order valence-corrected chi connectivity index (χ1v) is 7.26. The minimum absolute atomic E-state index is 0.462. The Bertz CT molecular complexity index is 410. The minimum Gasteiger partial charge on any atom is -0.368 e. The molecule has 0 saturated carbocycles. The highest BCUT2D eigenvalue weighted by Crippen LogP contribution is 2.31. The van der Waals surface area contributed by atoms with E-state index in [2.05, 4.69) is 36.8 Å². The van der Waals surface area contributed by atoms with Gasteiger partial charge in [-0.25, -0.2) is 0 Å². The fourth-order valence-corrected chi connectivity index (χ4v) is 3.16. The minimum atomic E-state index is 0.462. The normalized spacial score (nSPS) is 25.5. The third-order valence-electron chi connectivity index (χ3n) is 3.93. The van der Waals surface area contributed by atoms with E-state index in [1.807, 2.05) is 12.1 Å². The highest BCUT2D eigenvalue weighted by atomic mass is 35.5. The molecule has 0 N–H and O–H groups in total. The number of likely N-dealkylation sites (N-methyl/N-ethyl adjacent to an activating group) is 1. The summed E-state index contributed by atoms with van der Waals surface area (Å²) in [6, 6.07) is 7.10. The molecule has 100 valence electrons. The van der Waals surface area contributed by atoms with Gasteiger partial charge in [0.1, 0.15) is 0 Å². The van der Waals surface area contributed by atoms with E-state index in [-0.39, 0.29) is 0 Å². The number of halogens is 2. The van der Waals surface area contributed by atoms with Crippen LogP contribution in [0.4, 0.5) is 5.69 Å². The summed E-state index contributed by atoms with van der Waals surface area (Å²) in [4.78, 5) is 4.82. The van der Waals surface area contributed by atoms with Crippen LogP contribution in [0.3, 0.4) is 0 Å². The van der Waals surface area contributed by atoms with Crippen molar-refractivity contribution in [2.24, 2.45) is 0 Å². The van der Waals surface area contributed by atoms with Gasteiger partial charge in [-0.05, 0) is 33.0 Å². The van der Waals surface area contributed by atoms with Crippen LogP contribution in [0.1, 0.15) is 19.4 Å². The van der Waals surface area contributed by atoms with Gasteiger partial charge in [0.05, 0.1) is 5.88 Å². The molecule has 0 radical (unpaired) electrons. The average Bonchev–Trinajstić information content (AvgIpc) is 2.35. The lowest BCUT2D eigenvalue weighted by Gasteiger charge is -2.44. The van der Waals surface area contributed by atoms with Gasteiger partial charge in [-0.1, -0.05) is 17.7 Å². The van der Waals surface area contributed by atoms with Crippen molar-refractivity contribution in [1.29, 1.82) is 0 Å². The molecule has 2 atom stereocenters. The van der Waals surface area contributed by atoms with Gasteiger partial charge in [0.15, 0.2) is 0 Å². The smallest absolute Gasteiger partial charge is 0.0509 e. The predicted molar refractivity (Wildman–Crippen MR) is 79.9 cm³/mol. The zero-order valence-corrected chi connectivity index (χ0v) is 12.7. The third kappa shape index (κ3) is 2.61. The molecule has 0 amide bonds. The van der Waals surface area contributed by atoms with Crippen LogP contribution < -0.4 is 4.90 Å². The number of alkyl halides is 1. The first-order valence-electron chi connectivity index (χ1n) is 6.34. The van der Waals surface area contributed by atoms with E-state index in [4.69, 9.17) is 23.2 Å². The van der Waals surface area contributed by atoms with Crippen LogP contribution in [0, 0.1) is 0 Å². The summed E-state index contributed by atoms with van der Waals surface area (Å²) in [7, 11) is 2.19. The second-order valence-electron chi connectivity index (χ2n) is 5.14. The molecule has 1 aromatic rings. The van der Waals surface area contributed by atoms with Crippen molar-refractivity contribution in [1.82, 2.24) is 4.90 Å². The number of rotatable bonds is 2. The van der Waals surface area contributed by atoms with Crippen LogP contribution in [0.15, 0.2) is 18.2 Å². The number of anilines is 1. The zero-order valence-electron chi connectivity index (χ0n) is 11.2. The van der Waals surface area contributed by atoms with E-state index in [1.165, 1.54) is 5.69 Å². The van der Waals surface area contributed by atoms with Crippen molar-refractivity contribution in [3.05, 3.63) is 28.8 Å². The summed E-state index contributed by atoms with van der Waals surface area (Å²) in [5.74, 6) is 0.462. The van der Waals surface area contributed by atoms with Crippen LogP contribution in [-0.4, -0.2) is 37.1 Å². The lowest BCUT2D eigenvalue weighted by Crippen LogP contribution is -2.55. The van der Waals surface area contributed by atoms with E-state index >= 15 is 0 Å². The van der Waals surface area contributed by atoms with Gasteiger partial charge in [0, 0.05) is 41.4 Å². The fourth-order valence-electron chi connectivity index (χ4n) is 2.58. The number of piperazine rings is 1. The Morgan fingerprint density at radius 3 is 2.39 bits per heavy atom. The third-order valence-corrected chi connectivity index (χ3v) is 4.55. The molecular weight excluding hydrogens is 267 g/mol. The lowest BCUT2D eigenvalue weighted by molar-refractivity contribution is 0.170. The largest absolute Gasteiger partial charge is 0.368 e. The van der Waals surface area contributed by atoms with Gasteiger partial charge in [-0.15, -0.1) is 11.6 Å². The maximum absolute atomic E-state index is 6.23. The van der Waals surface area contributed by atoms with Crippen LogP contribution >= 0.6 is 23.2 Å². The summed E-state index contributed by atoms with van der Waals surface area (Å²) in [6.45, 7) is 6.55. The Labute approximate surface area is 119 Å². The molecule has 1 fully saturated rings. The average molecular weight is 287 g/mol. The van der Waals surface area contributed by atoms with Gasteiger partial charge >= 0.3 is 0 Å². The number of hydrogen-bond donors (Lipinski definition) is 0. The Morgan fingerprint density at radius 2 is 1.83 bits per heavy atom. The van der Waals surface area contributed by atoms with Crippen molar-refractivity contribution < 1.29 is 0 Å². The first kappa shape index (κ1) is 14.0. The molecule has 18 heavy (non-hydrogen) atoms. The molecule has 1 aliphatic heterocycles. The van der Waals surface area contributed by atoms with Crippen molar-refractivity contribution in [2.75, 3.05) is 25.0 Å². The molecule has 1 aromatic carbocycles.